The van der Waals surface area contributed by atoms with Crippen LogP contribution in [-0.2, 0) is 21.2 Å². The SMILES string of the molecule is CNS(=O)(=O)c1cccc(Nc2nc[nH]c3ncc(CC(C)C)c2-3)c1.O=C(O)C(F)(F)F. The van der Waals surface area contributed by atoms with E-state index in [4.69, 9.17) is 9.90 Å². The molecule has 13 heteroatoms. The van der Waals surface area contributed by atoms with Gasteiger partial charge >= 0.3 is 12.1 Å². The Hall–Kier alpha value is -3.19. The molecule has 0 amide bonds. The number of nitrogens with one attached hydrogen (secondary N) is 3. The minimum atomic E-state index is -5.08. The van der Waals surface area contributed by atoms with Crippen molar-refractivity contribution in [1.29, 1.82) is 0 Å². The Labute approximate surface area is 182 Å². The molecule has 4 N–H and O–H groups in total. The van der Waals surface area contributed by atoms with Crippen LogP contribution in [0.2, 0.25) is 0 Å². The molecule has 2 heterocycles. The number of benzene rings is 1. The lowest BCUT2D eigenvalue weighted by Gasteiger charge is -2.13. The Morgan fingerprint density at radius 3 is 2.47 bits per heavy atom. The van der Waals surface area contributed by atoms with Gasteiger partial charge in [0.2, 0.25) is 10.0 Å². The van der Waals surface area contributed by atoms with Crippen LogP contribution in [-0.4, -0.2) is 47.7 Å². The molecular weight excluding hydrogens is 451 g/mol. The predicted molar refractivity (Wildman–Crippen MR) is 111 cm³/mol. The van der Waals surface area contributed by atoms with E-state index >= 15 is 0 Å². The van der Waals surface area contributed by atoms with Crippen molar-refractivity contribution in [2.45, 2.75) is 31.3 Å². The van der Waals surface area contributed by atoms with Crippen molar-refractivity contribution in [3.8, 4) is 11.4 Å². The summed E-state index contributed by atoms with van der Waals surface area (Å²) in [6.45, 7) is 4.30. The van der Waals surface area contributed by atoms with Gasteiger partial charge in [-0.3, -0.25) is 0 Å². The fourth-order valence-corrected chi connectivity index (χ4v) is 3.48. The Kier molecular flexibility index (Phi) is 7.80. The van der Waals surface area contributed by atoms with E-state index in [2.05, 4.69) is 38.8 Å². The van der Waals surface area contributed by atoms with Gasteiger partial charge in [-0.2, -0.15) is 13.2 Å². The molecule has 0 bridgehead atoms. The van der Waals surface area contributed by atoms with Crippen LogP contribution in [0.1, 0.15) is 19.4 Å². The van der Waals surface area contributed by atoms with Crippen LogP contribution in [0.3, 0.4) is 0 Å². The molecule has 0 radical (unpaired) electrons. The summed E-state index contributed by atoms with van der Waals surface area (Å²) in [6.07, 6.45) is -0.764. The summed E-state index contributed by atoms with van der Waals surface area (Å²) in [4.78, 5) is 20.9. The lowest BCUT2D eigenvalue weighted by atomic mass is 10.0. The molecule has 0 saturated carbocycles. The smallest absolute Gasteiger partial charge is 0.475 e. The molecule has 174 valence electrons. The number of carbonyl (C=O) groups is 1. The van der Waals surface area contributed by atoms with Crippen LogP contribution in [0.4, 0.5) is 24.7 Å². The third-order valence-electron chi connectivity index (χ3n) is 4.09. The molecule has 0 atom stereocenters. The Morgan fingerprint density at radius 2 is 1.91 bits per heavy atom. The van der Waals surface area contributed by atoms with Crippen molar-refractivity contribution in [2.75, 3.05) is 12.4 Å². The predicted octanol–water partition coefficient (Wildman–Crippen LogP) is 3.39. The first-order chi connectivity index (χ1) is 14.8. The number of aliphatic carboxylic acids is 1. The summed E-state index contributed by atoms with van der Waals surface area (Å²) < 4.78 is 58.0. The summed E-state index contributed by atoms with van der Waals surface area (Å²) in [5, 5.41) is 10.3. The lowest BCUT2D eigenvalue weighted by Crippen LogP contribution is -2.21. The second-order valence-corrected chi connectivity index (χ2v) is 8.91. The molecule has 0 unspecified atom stereocenters. The van der Waals surface area contributed by atoms with Crippen LogP contribution in [0.5, 0.6) is 0 Å². The van der Waals surface area contributed by atoms with Gasteiger partial charge in [-0.15, -0.1) is 0 Å². The Balaban J connectivity index is 0.000000451. The molecule has 2 aliphatic heterocycles. The van der Waals surface area contributed by atoms with Crippen molar-refractivity contribution in [3.63, 3.8) is 0 Å². The fourth-order valence-electron chi connectivity index (χ4n) is 2.70. The number of aromatic nitrogens is 3. The normalized spacial score (nSPS) is 11.8. The van der Waals surface area contributed by atoms with E-state index in [-0.39, 0.29) is 4.90 Å². The van der Waals surface area contributed by atoms with Crippen molar-refractivity contribution in [2.24, 2.45) is 5.92 Å². The Bertz CT molecular complexity index is 1150. The van der Waals surface area contributed by atoms with Gasteiger partial charge < -0.3 is 15.4 Å². The molecule has 0 aromatic heterocycles. The first kappa shape index (κ1) is 25.1. The van der Waals surface area contributed by atoms with Crippen LogP contribution in [0, 0.1) is 5.92 Å². The second kappa shape index (κ2) is 9.96. The number of halogens is 3. The molecule has 3 rings (SSSR count). The summed E-state index contributed by atoms with van der Waals surface area (Å²) in [5.41, 5.74) is 2.68. The number of H-pyrrole nitrogens is 1. The third kappa shape index (κ3) is 6.40. The molecule has 0 saturated heterocycles. The highest BCUT2D eigenvalue weighted by Crippen LogP contribution is 2.33. The van der Waals surface area contributed by atoms with Crippen LogP contribution in [0.15, 0.2) is 41.7 Å². The highest BCUT2D eigenvalue weighted by molar-refractivity contribution is 7.89. The summed E-state index contributed by atoms with van der Waals surface area (Å²) in [5.74, 6) is -0.856. The number of sulfonamides is 1. The molecule has 0 spiro atoms. The summed E-state index contributed by atoms with van der Waals surface area (Å²) in [6, 6.07) is 6.62. The molecular formula is C19H22F3N5O4S. The average Bonchev–Trinajstić information content (AvgIpc) is 3.11. The van der Waals surface area contributed by atoms with E-state index in [0.29, 0.717) is 17.4 Å². The number of fused-ring (bicyclic) bond motifs is 1. The average molecular weight is 473 g/mol. The molecule has 1 aromatic carbocycles. The van der Waals surface area contributed by atoms with Crippen LogP contribution < -0.4 is 10.0 Å². The third-order valence-corrected chi connectivity index (χ3v) is 5.50. The van der Waals surface area contributed by atoms with E-state index in [0.717, 1.165) is 23.4 Å². The number of alkyl halides is 3. The number of hydrogen-bond acceptors (Lipinski definition) is 6. The maximum absolute atomic E-state index is 12.0. The van der Waals surface area contributed by atoms with Gasteiger partial charge in [0, 0.05) is 11.9 Å². The van der Waals surface area contributed by atoms with Gasteiger partial charge in [-0.05, 0) is 43.1 Å². The number of nitrogens with zero attached hydrogens (tertiary/aromatic N) is 2. The first-order valence-electron chi connectivity index (χ1n) is 9.27. The van der Waals surface area contributed by atoms with Gasteiger partial charge in [0.1, 0.15) is 11.6 Å². The topological polar surface area (TPSA) is 137 Å². The number of aromatic amines is 1. The molecule has 0 fully saturated rings. The molecule has 32 heavy (non-hydrogen) atoms. The van der Waals surface area contributed by atoms with Gasteiger partial charge in [0.25, 0.3) is 0 Å². The maximum Gasteiger partial charge on any atom is 0.490 e. The van der Waals surface area contributed by atoms with Crippen LogP contribution in [0.25, 0.3) is 11.4 Å². The molecule has 0 aliphatic carbocycles. The van der Waals surface area contributed by atoms with Gasteiger partial charge in [0.05, 0.1) is 16.8 Å². The number of hydrogen-bond donors (Lipinski definition) is 4. The summed E-state index contributed by atoms with van der Waals surface area (Å²) in [7, 11) is -2.11. The highest BCUT2D eigenvalue weighted by atomic mass is 32.2. The fraction of sp³-hybridized carbons (Fsp3) is 0.316. The van der Waals surface area contributed by atoms with Gasteiger partial charge in [0.15, 0.2) is 0 Å². The molecule has 2 aliphatic rings. The van der Waals surface area contributed by atoms with Crippen molar-refractivity contribution < 1.29 is 31.5 Å². The first-order valence-corrected chi connectivity index (χ1v) is 10.7. The van der Waals surface area contributed by atoms with Crippen molar-refractivity contribution in [3.05, 3.63) is 42.4 Å². The lowest BCUT2D eigenvalue weighted by molar-refractivity contribution is -0.192. The van der Waals surface area contributed by atoms with Crippen LogP contribution >= 0.6 is 0 Å². The maximum atomic E-state index is 12.0. The molecule has 9 nitrogen and oxygen atoms in total. The minimum Gasteiger partial charge on any atom is -0.475 e. The zero-order valence-corrected chi connectivity index (χ0v) is 18.2. The van der Waals surface area contributed by atoms with Crippen molar-refractivity contribution in [1.82, 2.24) is 19.7 Å². The monoisotopic (exact) mass is 473 g/mol. The van der Waals surface area contributed by atoms with E-state index < -0.39 is 22.2 Å². The largest absolute Gasteiger partial charge is 0.490 e. The Morgan fingerprint density at radius 1 is 1.25 bits per heavy atom. The van der Waals surface area contributed by atoms with E-state index in [1.807, 2.05) is 6.20 Å². The number of anilines is 2. The standard InChI is InChI=1S/C17H21N5O2S.C2HF3O2/c1-11(2)7-12-9-19-16-15(12)17(21-10-20-16)22-13-5-4-6-14(8-13)25(23,24)18-3;3-2(4,5)1(6)7/h4-6,8-11,18H,7H2,1-3H3,(H2,19,20,21,22);(H,6,7). The zero-order valence-electron chi connectivity index (χ0n) is 17.4. The van der Waals surface area contributed by atoms with Gasteiger partial charge in [-0.25, -0.2) is 27.9 Å². The van der Waals surface area contributed by atoms with E-state index in [9.17, 15) is 21.6 Å². The minimum absolute atomic E-state index is 0.196. The van der Waals surface area contributed by atoms with Gasteiger partial charge in [-0.1, -0.05) is 19.9 Å². The number of carboxylic acids is 1. The zero-order chi connectivity index (χ0) is 24.1. The number of carboxylic acid groups (broad SMARTS) is 1. The second-order valence-electron chi connectivity index (χ2n) is 7.02. The van der Waals surface area contributed by atoms with E-state index in [1.165, 1.54) is 7.05 Å². The highest BCUT2D eigenvalue weighted by Gasteiger charge is 2.38. The quantitative estimate of drug-likeness (QED) is 0.431. The van der Waals surface area contributed by atoms with E-state index in [1.54, 1.807) is 30.6 Å². The molecule has 1 aromatic rings. The number of rotatable bonds is 6. The summed E-state index contributed by atoms with van der Waals surface area (Å²) >= 11 is 0. The van der Waals surface area contributed by atoms with Crippen molar-refractivity contribution >= 4 is 27.5 Å².